The van der Waals surface area contributed by atoms with Crippen LogP contribution in [-0.2, 0) is 16.0 Å². The minimum Gasteiger partial charge on any atom is -0.494 e. The van der Waals surface area contributed by atoms with Crippen molar-refractivity contribution in [3.63, 3.8) is 0 Å². The van der Waals surface area contributed by atoms with E-state index in [4.69, 9.17) is 9.47 Å². The Labute approximate surface area is 129 Å². The van der Waals surface area contributed by atoms with Crippen LogP contribution in [0.15, 0.2) is 24.3 Å². The molecule has 0 spiro atoms. The van der Waals surface area contributed by atoms with E-state index in [1.807, 2.05) is 32.9 Å². The lowest BCUT2D eigenvalue weighted by molar-refractivity contribution is -0.146. The van der Waals surface area contributed by atoms with Crippen LogP contribution in [0, 0.1) is 0 Å². The van der Waals surface area contributed by atoms with E-state index in [9.17, 15) is 4.79 Å². The van der Waals surface area contributed by atoms with Crippen LogP contribution >= 0.6 is 15.9 Å². The Morgan fingerprint density at radius 1 is 1.25 bits per heavy atom. The van der Waals surface area contributed by atoms with Gasteiger partial charge in [-0.1, -0.05) is 28.1 Å². The predicted molar refractivity (Wildman–Crippen MR) is 84.5 cm³/mol. The molecule has 4 heteroatoms. The largest absolute Gasteiger partial charge is 0.494 e. The van der Waals surface area contributed by atoms with Crippen LogP contribution in [0.5, 0.6) is 5.75 Å². The fraction of sp³-hybridized carbons (Fsp3) is 0.562. The molecule has 0 saturated heterocycles. The SMILES string of the molecule is CCOc1ccc(CCCC(Br)C(=O)OC(C)C)cc1. The topological polar surface area (TPSA) is 35.5 Å². The smallest absolute Gasteiger partial charge is 0.319 e. The highest BCUT2D eigenvalue weighted by Crippen LogP contribution is 2.17. The van der Waals surface area contributed by atoms with Gasteiger partial charge in [-0.05, 0) is 57.7 Å². The maximum Gasteiger partial charge on any atom is 0.319 e. The second kappa shape index (κ2) is 9.01. The van der Waals surface area contributed by atoms with Crippen LogP contribution in [0.2, 0.25) is 0 Å². The molecule has 0 fully saturated rings. The molecule has 1 atom stereocenters. The van der Waals surface area contributed by atoms with Crippen molar-refractivity contribution in [1.82, 2.24) is 0 Å². The molecule has 0 saturated carbocycles. The van der Waals surface area contributed by atoms with Gasteiger partial charge < -0.3 is 9.47 Å². The highest BCUT2D eigenvalue weighted by atomic mass is 79.9. The van der Waals surface area contributed by atoms with E-state index in [0.717, 1.165) is 25.0 Å². The number of hydrogen-bond donors (Lipinski definition) is 0. The number of benzene rings is 1. The molecule has 112 valence electrons. The van der Waals surface area contributed by atoms with E-state index in [2.05, 4.69) is 28.1 Å². The molecule has 1 rings (SSSR count). The lowest BCUT2D eigenvalue weighted by atomic mass is 10.1. The summed E-state index contributed by atoms with van der Waals surface area (Å²) in [6.07, 6.45) is 2.60. The number of ether oxygens (including phenoxy) is 2. The van der Waals surface area contributed by atoms with Crippen LogP contribution in [0.3, 0.4) is 0 Å². The Hall–Kier alpha value is -1.03. The average molecular weight is 343 g/mol. The first kappa shape index (κ1) is 17.0. The second-order valence-corrected chi connectivity index (χ2v) is 6.03. The van der Waals surface area contributed by atoms with Crippen LogP contribution in [0.4, 0.5) is 0 Å². The van der Waals surface area contributed by atoms with Gasteiger partial charge in [0, 0.05) is 0 Å². The summed E-state index contributed by atoms with van der Waals surface area (Å²) in [6, 6.07) is 8.11. The third-order valence-electron chi connectivity index (χ3n) is 2.76. The van der Waals surface area contributed by atoms with Crippen molar-refractivity contribution in [3.05, 3.63) is 29.8 Å². The van der Waals surface area contributed by atoms with Gasteiger partial charge in [-0.25, -0.2) is 0 Å². The maximum absolute atomic E-state index is 11.6. The number of aryl methyl sites for hydroxylation is 1. The fourth-order valence-electron chi connectivity index (χ4n) is 1.83. The van der Waals surface area contributed by atoms with Crippen molar-refractivity contribution in [2.75, 3.05) is 6.61 Å². The summed E-state index contributed by atoms with van der Waals surface area (Å²) >= 11 is 3.38. The van der Waals surface area contributed by atoms with Gasteiger partial charge in [-0.15, -0.1) is 0 Å². The molecule has 0 aliphatic rings. The molecule has 0 heterocycles. The third-order valence-corrected chi connectivity index (χ3v) is 3.60. The first-order chi connectivity index (χ1) is 9.52. The normalized spacial score (nSPS) is 12.2. The van der Waals surface area contributed by atoms with Crippen LogP contribution in [0.25, 0.3) is 0 Å². The molecule has 0 aromatic heterocycles. The quantitative estimate of drug-likeness (QED) is 0.526. The highest BCUT2D eigenvalue weighted by molar-refractivity contribution is 9.10. The zero-order chi connectivity index (χ0) is 15.0. The second-order valence-electron chi connectivity index (χ2n) is 4.92. The van der Waals surface area contributed by atoms with Gasteiger partial charge in [0.2, 0.25) is 0 Å². The summed E-state index contributed by atoms with van der Waals surface area (Å²) in [5.41, 5.74) is 1.25. The number of alkyl halides is 1. The van der Waals surface area contributed by atoms with Gasteiger partial charge >= 0.3 is 5.97 Å². The zero-order valence-electron chi connectivity index (χ0n) is 12.4. The van der Waals surface area contributed by atoms with E-state index in [1.165, 1.54) is 5.56 Å². The molecule has 0 aliphatic heterocycles. The molecule has 0 amide bonds. The Morgan fingerprint density at radius 2 is 1.90 bits per heavy atom. The van der Waals surface area contributed by atoms with Gasteiger partial charge in [-0.2, -0.15) is 0 Å². The number of carbonyl (C=O) groups is 1. The zero-order valence-corrected chi connectivity index (χ0v) is 14.0. The fourth-order valence-corrected chi connectivity index (χ4v) is 2.26. The van der Waals surface area contributed by atoms with Gasteiger partial charge in [0.05, 0.1) is 12.7 Å². The van der Waals surface area contributed by atoms with Gasteiger partial charge in [0.1, 0.15) is 10.6 Å². The Balaban J connectivity index is 2.31. The van der Waals surface area contributed by atoms with Crippen LogP contribution in [-0.4, -0.2) is 23.5 Å². The van der Waals surface area contributed by atoms with Crippen molar-refractivity contribution in [2.24, 2.45) is 0 Å². The first-order valence-electron chi connectivity index (χ1n) is 7.09. The summed E-state index contributed by atoms with van der Waals surface area (Å²) in [4.78, 5) is 11.4. The molecule has 0 radical (unpaired) electrons. The Kier molecular flexibility index (Phi) is 7.67. The van der Waals surface area contributed by atoms with Gasteiger partial charge in [0.25, 0.3) is 0 Å². The van der Waals surface area contributed by atoms with E-state index in [-0.39, 0.29) is 16.9 Å². The van der Waals surface area contributed by atoms with Crippen LogP contribution in [0.1, 0.15) is 39.2 Å². The summed E-state index contributed by atoms with van der Waals surface area (Å²) in [5, 5.41) is 0. The molecular weight excluding hydrogens is 320 g/mol. The van der Waals surface area contributed by atoms with Crippen molar-refractivity contribution in [2.45, 2.75) is 51.0 Å². The number of rotatable bonds is 8. The molecule has 1 unspecified atom stereocenters. The molecule has 1 aromatic rings. The number of esters is 1. The first-order valence-corrected chi connectivity index (χ1v) is 8.00. The van der Waals surface area contributed by atoms with E-state index < -0.39 is 0 Å². The molecule has 1 aromatic carbocycles. The molecule has 0 bridgehead atoms. The van der Waals surface area contributed by atoms with Crippen LogP contribution < -0.4 is 4.74 Å². The van der Waals surface area contributed by atoms with Gasteiger partial charge in [0.15, 0.2) is 0 Å². The molecule has 0 N–H and O–H groups in total. The lowest BCUT2D eigenvalue weighted by Crippen LogP contribution is -2.21. The van der Waals surface area contributed by atoms with E-state index in [0.29, 0.717) is 6.61 Å². The van der Waals surface area contributed by atoms with Crippen molar-refractivity contribution >= 4 is 21.9 Å². The monoisotopic (exact) mass is 342 g/mol. The summed E-state index contributed by atoms with van der Waals surface area (Å²) in [6.45, 7) is 6.37. The summed E-state index contributed by atoms with van der Waals surface area (Å²) in [7, 11) is 0. The van der Waals surface area contributed by atoms with Crippen molar-refractivity contribution < 1.29 is 14.3 Å². The van der Waals surface area contributed by atoms with Crippen molar-refractivity contribution in [3.8, 4) is 5.75 Å². The third kappa shape index (κ3) is 6.42. The summed E-state index contributed by atoms with van der Waals surface area (Å²) in [5.74, 6) is 0.724. The Morgan fingerprint density at radius 3 is 2.45 bits per heavy atom. The van der Waals surface area contributed by atoms with E-state index >= 15 is 0 Å². The minimum absolute atomic E-state index is 0.0614. The standard InChI is InChI=1S/C16H23BrO3/c1-4-19-14-10-8-13(9-11-14)6-5-7-15(17)16(18)20-12(2)3/h8-12,15H,4-7H2,1-3H3. The van der Waals surface area contributed by atoms with Gasteiger partial charge in [-0.3, -0.25) is 4.79 Å². The summed E-state index contributed by atoms with van der Waals surface area (Å²) < 4.78 is 10.6. The molecule has 20 heavy (non-hydrogen) atoms. The average Bonchev–Trinajstić information content (AvgIpc) is 2.40. The van der Waals surface area contributed by atoms with Crippen molar-refractivity contribution in [1.29, 1.82) is 0 Å². The maximum atomic E-state index is 11.6. The number of halogens is 1. The highest BCUT2D eigenvalue weighted by Gasteiger charge is 2.17. The number of carbonyl (C=O) groups excluding carboxylic acids is 1. The predicted octanol–water partition coefficient (Wildman–Crippen LogP) is 4.12. The molecular formula is C16H23BrO3. The minimum atomic E-state index is -0.215. The molecule has 0 aliphatic carbocycles. The molecule has 3 nitrogen and oxygen atoms in total. The lowest BCUT2D eigenvalue weighted by Gasteiger charge is -2.12. The number of hydrogen-bond acceptors (Lipinski definition) is 3. The Bertz CT molecular complexity index is 401. The van der Waals surface area contributed by atoms with E-state index in [1.54, 1.807) is 0 Å².